The van der Waals surface area contributed by atoms with Crippen molar-refractivity contribution >= 4 is 27.5 Å². The molecule has 0 aliphatic carbocycles. The van der Waals surface area contributed by atoms with Gasteiger partial charge in [-0.15, -0.1) is 0 Å². The molecule has 0 spiro atoms. The standard InChI is InChI=1S/C12H17BrN2O/c1-3-9-7-10(13)4-5-11(9)15-12(16)6-8(2)14/h4-5,7-8H,3,6,14H2,1-2H3,(H,15,16). The molecule has 1 amide bonds. The number of carbonyl (C=O) groups excluding carboxylic acids is 1. The number of carbonyl (C=O) groups is 1. The van der Waals surface area contributed by atoms with Crippen molar-refractivity contribution in [3.63, 3.8) is 0 Å². The Labute approximate surface area is 105 Å². The van der Waals surface area contributed by atoms with Crippen molar-refractivity contribution in [2.75, 3.05) is 5.32 Å². The van der Waals surface area contributed by atoms with E-state index in [1.54, 1.807) is 0 Å². The lowest BCUT2D eigenvalue weighted by Gasteiger charge is -2.11. The van der Waals surface area contributed by atoms with Gasteiger partial charge in [0.15, 0.2) is 0 Å². The molecule has 0 heterocycles. The number of amides is 1. The van der Waals surface area contributed by atoms with Gasteiger partial charge in [-0.2, -0.15) is 0 Å². The zero-order valence-corrected chi connectivity index (χ0v) is 11.2. The SMILES string of the molecule is CCc1cc(Br)ccc1NC(=O)CC(C)N. The summed E-state index contributed by atoms with van der Waals surface area (Å²) in [5.74, 6) is -0.0352. The van der Waals surface area contributed by atoms with E-state index in [0.29, 0.717) is 6.42 Å². The van der Waals surface area contributed by atoms with E-state index in [9.17, 15) is 4.79 Å². The average Bonchev–Trinajstić information content (AvgIpc) is 2.19. The fourth-order valence-electron chi connectivity index (χ4n) is 1.47. The second-order valence-electron chi connectivity index (χ2n) is 3.88. The normalized spacial score (nSPS) is 12.2. The van der Waals surface area contributed by atoms with E-state index in [-0.39, 0.29) is 11.9 Å². The van der Waals surface area contributed by atoms with Crippen LogP contribution in [-0.4, -0.2) is 11.9 Å². The Balaban J connectivity index is 2.76. The molecule has 16 heavy (non-hydrogen) atoms. The third-order valence-electron chi connectivity index (χ3n) is 2.23. The predicted molar refractivity (Wildman–Crippen MR) is 70.4 cm³/mol. The highest BCUT2D eigenvalue weighted by Crippen LogP contribution is 2.21. The molecule has 0 saturated carbocycles. The highest BCUT2D eigenvalue weighted by Gasteiger charge is 2.08. The van der Waals surface area contributed by atoms with Crippen LogP contribution in [0.2, 0.25) is 0 Å². The largest absolute Gasteiger partial charge is 0.327 e. The maximum atomic E-state index is 11.6. The molecule has 0 aliphatic rings. The van der Waals surface area contributed by atoms with Crippen LogP contribution >= 0.6 is 15.9 Å². The van der Waals surface area contributed by atoms with Gasteiger partial charge in [-0.25, -0.2) is 0 Å². The van der Waals surface area contributed by atoms with E-state index in [2.05, 4.69) is 28.2 Å². The summed E-state index contributed by atoms with van der Waals surface area (Å²) < 4.78 is 1.02. The molecule has 1 rings (SSSR count). The van der Waals surface area contributed by atoms with Crippen molar-refractivity contribution < 1.29 is 4.79 Å². The Morgan fingerprint density at radius 1 is 1.56 bits per heavy atom. The fourth-order valence-corrected chi connectivity index (χ4v) is 1.88. The number of aryl methyl sites for hydroxylation is 1. The maximum Gasteiger partial charge on any atom is 0.225 e. The molecular weight excluding hydrogens is 268 g/mol. The Morgan fingerprint density at radius 3 is 2.81 bits per heavy atom. The lowest BCUT2D eigenvalue weighted by atomic mass is 10.1. The molecule has 0 aromatic heterocycles. The van der Waals surface area contributed by atoms with Gasteiger partial charge in [0.1, 0.15) is 0 Å². The Morgan fingerprint density at radius 2 is 2.25 bits per heavy atom. The number of rotatable bonds is 4. The van der Waals surface area contributed by atoms with Crippen LogP contribution in [0.5, 0.6) is 0 Å². The van der Waals surface area contributed by atoms with Gasteiger partial charge < -0.3 is 11.1 Å². The second-order valence-corrected chi connectivity index (χ2v) is 4.80. The van der Waals surface area contributed by atoms with E-state index < -0.39 is 0 Å². The first-order valence-corrected chi connectivity index (χ1v) is 6.16. The molecule has 0 fully saturated rings. The zero-order valence-electron chi connectivity index (χ0n) is 9.59. The lowest BCUT2D eigenvalue weighted by molar-refractivity contribution is -0.116. The van der Waals surface area contributed by atoms with Crippen molar-refractivity contribution in [3.8, 4) is 0 Å². The molecule has 0 aliphatic heterocycles. The number of halogens is 1. The molecule has 4 heteroatoms. The zero-order chi connectivity index (χ0) is 12.1. The smallest absolute Gasteiger partial charge is 0.225 e. The monoisotopic (exact) mass is 284 g/mol. The molecule has 0 saturated heterocycles. The first-order chi connectivity index (χ1) is 7.52. The van der Waals surface area contributed by atoms with Crippen molar-refractivity contribution in [1.82, 2.24) is 0 Å². The van der Waals surface area contributed by atoms with Gasteiger partial charge in [-0.3, -0.25) is 4.79 Å². The summed E-state index contributed by atoms with van der Waals surface area (Å²) in [6, 6.07) is 5.73. The minimum absolute atomic E-state index is 0.0352. The summed E-state index contributed by atoms with van der Waals surface area (Å²) in [7, 11) is 0. The maximum absolute atomic E-state index is 11.6. The number of hydrogen-bond donors (Lipinski definition) is 2. The Hall–Kier alpha value is -0.870. The number of benzene rings is 1. The Bertz CT molecular complexity index is 377. The summed E-state index contributed by atoms with van der Waals surface area (Å²) >= 11 is 3.41. The molecule has 1 unspecified atom stereocenters. The topological polar surface area (TPSA) is 55.1 Å². The van der Waals surface area contributed by atoms with Crippen molar-refractivity contribution in [1.29, 1.82) is 0 Å². The summed E-state index contributed by atoms with van der Waals surface area (Å²) in [6.07, 6.45) is 1.23. The molecule has 88 valence electrons. The average molecular weight is 285 g/mol. The first-order valence-electron chi connectivity index (χ1n) is 5.36. The van der Waals surface area contributed by atoms with Crippen LogP contribution in [0.1, 0.15) is 25.8 Å². The molecule has 1 aromatic carbocycles. The van der Waals surface area contributed by atoms with Crippen LogP contribution in [0.4, 0.5) is 5.69 Å². The molecule has 0 bridgehead atoms. The van der Waals surface area contributed by atoms with E-state index in [1.165, 1.54) is 0 Å². The molecule has 3 N–H and O–H groups in total. The van der Waals surface area contributed by atoms with Gasteiger partial charge in [0, 0.05) is 22.6 Å². The summed E-state index contributed by atoms with van der Waals surface area (Å²) in [4.78, 5) is 11.6. The van der Waals surface area contributed by atoms with E-state index in [0.717, 1.165) is 22.1 Å². The molecule has 1 atom stereocenters. The Kier molecular flexibility index (Phi) is 4.96. The van der Waals surface area contributed by atoms with Gasteiger partial charge in [-0.05, 0) is 37.1 Å². The minimum atomic E-state index is -0.111. The molecule has 0 radical (unpaired) electrons. The van der Waals surface area contributed by atoms with Crippen LogP contribution in [0.3, 0.4) is 0 Å². The van der Waals surface area contributed by atoms with Crippen LogP contribution in [-0.2, 0) is 11.2 Å². The van der Waals surface area contributed by atoms with Gasteiger partial charge in [0.05, 0.1) is 0 Å². The van der Waals surface area contributed by atoms with Gasteiger partial charge in [0.25, 0.3) is 0 Å². The van der Waals surface area contributed by atoms with E-state index in [1.807, 2.05) is 25.1 Å². The molecule has 3 nitrogen and oxygen atoms in total. The van der Waals surface area contributed by atoms with Crippen molar-refractivity contribution in [2.24, 2.45) is 5.73 Å². The third kappa shape index (κ3) is 3.94. The van der Waals surface area contributed by atoms with E-state index in [4.69, 9.17) is 5.73 Å². The van der Waals surface area contributed by atoms with Gasteiger partial charge >= 0.3 is 0 Å². The van der Waals surface area contributed by atoms with Crippen LogP contribution in [0, 0.1) is 0 Å². The molecule has 1 aromatic rings. The number of nitrogens with two attached hydrogens (primary N) is 1. The highest BCUT2D eigenvalue weighted by atomic mass is 79.9. The van der Waals surface area contributed by atoms with Crippen LogP contribution < -0.4 is 11.1 Å². The summed E-state index contributed by atoms with van der Waals surface area (Å²) in [6.45, 7) is 3.88. The molecular formula is C12H17BrN2O. The van der Waals surface area contributed by atoms with Gasteiger partial charge in [0.2, 0.25) is 5.91 Å². The fraction of sp³-hybridized carbons (Fsp3) is 0.417. The summed E-state index contributed by atoms with van der Waals surface area (Å²) in [5.41, 5.74) is 7.56. The minimum Gasteiger partial charge on any atom is -0.327 e. The summed E-state index contributed by atoms with van der Waals surface area (Å²) in [5, 5.41) is 2.88. The predicted octanol–water partition coefficient (Wildman–Crippen LogP) is 2.69. The number of nitrogens with one attached hydrogen (secondary N) is 1. The quantitative estimate of drug-likeness (QED) is 0.893. The van der Waals surface area contributed by atoms with Crippen molar-refractivity contribution in [2.45, 2.75) is 32.7 Å². The second kappa shape index (κ2) is 6.01. The highest BCUT2D eigenvalue weighted by molar-refractivity contribution is 9.10. The number of hydrogen-bond acceptors (Lipinski definition) is 2. The lowest BCUT2D eigenvalue weighted by Crippen LogP contribution is -2.24. The van der Waals surface area contributed by atoms with Gasteiger partial charge in [-0.1, -0.05) is 22.9 Å². The van der Waals surface area contributed by atoms with Crippen LogP contribution in [0.25, 0.3) is 0 Å². The van der Waals surface area contributed by atoms with E-state index >= 15 is 0 Å². The van der Waals surface area contributed by atoms with Crippen molar-refractivity contribution in [3.05, 3.63) is 28.2 Å². The van der Waals surface area contributed by atoms with Crippen LogP contribution in [0.15, 0.2) is 22.7 Å². The number of anilines is 1. The third-order valence-corrected chi connectivity index (χ3v) is 2.72. The first kappa shape index (κ1) is 13.2.